The van der Waals surface area contributed by atoms with Gasteiger partial charge in [-0.05, 0) is 0 Å². The van der Waals surface area contributed by atoms with Crippen molar-refractivity contribution in [3.05, 3.63) is 0 Å². The Kier molecular flexibility index (Phi) is 4.94. The number of carboxylic acids is 1. The number of rotatable bonds is 5. The van der Waals surface area contributed by atoms with E-state index in [0.29, 0.717) is 0 Å². The molecule has 0 aliphatic carbocycles. The number of amides is 1. The molecule has 5 nitrogen and oxygen atoms in total. The lowest BCUT2D eigenvalue weighted by Gasteiger charge is -2.05. The van der Waals surface area contributed by atoms with Gasteiger partial charge in [0, 0.05) is 13.7 Å². The number of methoxy groups -OCH3 is 1. The predicted molar refractivity (Wildman–Crippen MR) is 37.2 cm³/mol. The first-order valence-electron chi connectivity index (χ1n) is 3.24. The average molecular weight is 179 g/mol. The number of nitrogens with one attached hydrogen (secondary N) is 1. The van der Waals surface area contributed by atoms with Crippen LogP contribution in [0.15, 0.2) is 0 Å². The summed E-state index contributed by atoms with van der Waals surface area (Å²) in [5, 5.41) is 10.2. The second kappa shape index (κ2) is 5.48. The zero-order chi connectivity index (χ0) is 9.56. The van der Waals surface area contributed by atoms with Gasteiger partial charge in [0.15, 0.2) is 0 Å². The van der Waals surface area contributed by atoms with Gasteiger partial charge in [0.2, 0.25) is 0 Å². The summed E-state index contributed by atoms with van der Waals surface area (Å²) in [5.74, 6) is -2.01. The van der Waals surface area contributed by atoms with E-state index in [4.69, 9.17) is 5.11 Å². The fourth-order valence-corrected chi connectivity index (χ4v) is 0.480. The molecule has 0 aromatic heterocycles. The fourth-order valence-electron chi connectivity index (χ4n) is 0.480. The molecule has 12 heavy (non-hydrogen) atoms. The van der Waals surface area contributed by atoms with E-state index in [1.165, 1.54) is 0 Å². The lowest BCUT2D eigenvalue weighted by molar-refractivity contribution is -0.141. The Morgan fingerprint density at radius 2 is 2.25 bits per heavy atom. The van der Waals surface area contributed by atoms with Gasteiger partial charge in [-0.3, -0.25) is 9.59 Å². The Hall–Kier alpha value is -1.17. The van der Waals surface area contributed by atoms with Gasteiger partial charge in [0.25, 0.3) is 12.3 Å². The SMILES string of the molecule is COC(F)C(=O)NCCC(=O)O. The van der Waals surface area contributed by atoms with E-state index in [1.54, 1.807) is 0 Å². The Morgan fingerprint density at radius 1 is 1.67 bits per heavy atom. The molecule has 0 aromatic rings. The maximum atomic E-state index is 12.3. The van der Waals surface area contributed by atoms with Crippen molar-refractivity contribution in [2.24, 2.45) is 0 Å². The standard InChI is InChI=1S/C6H10FNO4/c1-12-5(7)6(11)8-3-2-4(9)10/h5H,2-3H2,1H3,(H,8,11)(H,9,10). The summed E-state index contributed by atoms with van der Waals surface area (Å²) in [7, 11) is 1.04. The molecular weight excluding hydrogens is 169 g/mol. The van der Waals surface area contributed by atoms with Crippen molar-refractivity contribution in [2.45, 2.75) is 12.8 Å². The highest BCUT2D eigenvalue weighted by Gasteiger charge is 2.14. The summed E-state index contributed by atoms with van der Waals surface area (Å²) in [6, 6.07) is 0. The highest BCUT2D eigenvalue weighted by atomic mass is 19.1. The molecule has 0 heterocycles. The van der Waals surface area contributed by atoms with Crippen LogP contribution in [0.2, 0.25) is 0 Å². The molecule has 2 N–H and O–H groups in total. The Balaban J connectivity index is 3.50. The molecule has 0 saturated carbocycles. The second-order valence-electron chi connectivity index (χ2n) is 1.99. The molecule has 6 heteroatoms. The number of ether oxygens (including phenoxy) is 1. The minimum atomic E-state index is -2.03. The van der Waals surface area contributed by atoms with Crippen LogP contribution in [0, 0.1) is 0 Å². The van der Waals surface area contributed by atoms with Crippen LogP contribution in [0.4, 0.5) is 4.39 Å². The molecule has 1 atom stereocenters. The molecule has 70 valence electrons. The number of halogens is 1. The first-order chi connectivity index (χ1) is 5.57. The molecule has 0 rings (SSSR count). The van der Waals surface area contributed by atoms with Crippen molar-refractivity contribution >= 4 is 11.9 Å². The van der Waals surface area contributed by atoms with Crippen molar-refractivity contribution in [1.82, 2.24) is 5.32 Å². The van der Waals surface area contributed by atoms with Gasteiger partial charge in [-0.2, -0.15) is 0 Å². The summed E-state index contributed by atoms with van der Waals surface area (Å²) < 4.78 is 16.3. The maximum Gasteiger partial charge on any atom is 0.305 e. The van der Waals surface area contributed by atoms with Crippen LogP contribution in [0.3, 0.4) is 0 Å². The normalized spacial score (nSPS) is 12.2. The summed E-state index contributed by atoms with van der Waals surface area (Å²) in [6.45, 7) is -0.0993. The van der Waals surface area contributed by atoms with E-state index in [-0.39, 0.29) is 13.0 Å². The topological polar surface area (TPSA) is 75.6 Å². The summed E-state index contributed by atoms with van der Waals surface area (Å²) in [6.07, 6.45) is -2.26. The highest BCUT2D eigenvalue weighted by molar-refractivity contribution is 5.79. The first kappa shape index (κ1) is 10.8. The molecular formula is C6H10FNO4. The van der Waals surface area contributed by atoms with Crippen LogP contribution in [0.25, 0.3) is 0 Å². The molecule has 0 aromatic carbocycles. The van der Waals surface area contributed by atoms with E-state index < -0.39 is 18.2 Å². The van der Waals surface area contributed by atoms with E-state index in [0.717, 1.165) is 7.11 Å². The minimum absolute atomic E-state index is 0.0993. The number of hydrogen-bond donors (Lipinski definition) is 2. The monoisotopic (exact) mass is 179 g/mol. The van der Waals surface area contributed by atoms with Crippen molar-refractivity contribution in [3.63, 3.8) is 0 Å². The Labute approximate surface area is 68.5 Å². The van der Waals surface area contributed by atoms with Gasteiger partial charge in [0.05, 0.1) is 6.42 Å². The average Bonchev–Trinajstić information content (AvgIpc) is 2.02. The fraction of sp³-hybridized carbons (Fsp3) is 0.667. The van der Waals surface area contributed by atoms with Gasteiger partial charge in [-0.15, -0.1) is 0 Å². The number of carboxylic acid groups (broad SMARTS) is 1. The van der Waals surface area contributed by atoms with Crippen LogP contribution in [0.1, 0.15) is 6.42 Å². The van der Waals surface area contributed by atoms with Crippen LogP contribution in [-0.2, 0) is 14.3 Å². The molecule has 0 radical (unpaired) electrons. The number of carbonyl (C=O) groups is 2. The van der Waals surface area contributed by atoms with Crippen molar-refractivity contribution in [1.29, 1.82) is 0 Å². The number of alkyl halides is 1. The molecule has 0 aliphatic heterocycles. The summed E-state index contributed by atoms with van der Waals surface area (Å²) in [5.41, 5.74) is 0. The molecule has 0 bridgehead atoms. The Bertz CT molecular complexity index is 173. The van der Waals surface area contributed by atoms with E-state index in [2.05, 4.69) is 4.74 Å². The van der Waals surface area contributed by atoms with Crippen LogP contribution in [0.5, 0.6) is 0 Å². The molecule has 1 amide bonds. The molecule has 0 spiro atoms. The van der Waals surface area contributed by atoms with E-state index >= 15 is 0 Å². The molecule has 0 fully saturated rings. The third kappa shape index (κ3) is 4.62. The van der Waals surface area contributed by atoms with Gasteiger partial charge in [-0.1, -0.05) is 0 Å². The predicted octanol–water partition coefficient (Wildman–Crippen LogP) is -0.481. The van der Waals surface area contributed by atoms with E-state index in [9.17, 15) is 14.0 Å². The van der Waals surface area contributed by atoms with E-state index in [1.807, 2.05) is 5.32 Å². The highest BCUT2D eigenvalue weighted by Crippen LogP contribution is 1.90. The van der Waals surface area contributed by atoms with Crippen LogP contribution in [-0.4, -0.2) is 37.0 Å². The molecule has 0 aliphatic rings. The quantitative estimate of drug-likeness (QED) is 0.597. The maximum absolute atomic E-state index is 12.3. The van der Waals surface area contributed by atoms with Crippen molar-refractivity contribution in [2.75, 3.05) is 13.7 Å². The minimum Gasteiger partial charge on any atom is -0.481 e. The lowest BCUT2D eigenvalue weighted by atomic mass is 10.4. The lowest BCUT2D eigenvalue weighted by Crippen LogP contribution is -2.34. The summed E-state index contributed by atoms with van der Waals surface area (Å²) in [4.78, 5) is 20.5. The van der Waals surface area contributed by atoms with Gasteiger partial charge >= 0.3 is 5.97 Å². The van der Waals surface area contributed by atoms with Gasteiger partial charge in [0.1, 0.15) is 0 Å². The number of carbonyl (C=O) groups excluding carboxylic acids is 1. The zero-order valence-corrected chi connectivity index (χ0v) is 6.54. The van der Waals surface area contributed by atoms with Crippen LogP contribution >= 0.6 is 0 Å². The number of aliphatic carboxylic acids is 1. The largest absolute Gasteiger partial charge is 0.481 e. The number of hydrogen-bond acceptors (Lipinski definition) is 3. The first-order valence-corrected chi connectivity index (χ1v) is 3.24. The van der Waals surface area contributed by atoms with Crippen LogP contribution < -0.4 is 5.32 Å². The third-order valence-electron chi connectivity index (χ3n) is 1.05. The second-order valence-corrected chi connectivity index (χ2v) is 1.99. The zero-order valence-electron chi connectivity index (χ0n) is 6.54. The summed E-state index contributed by atoms with van der Waals surface area (Å²) >= 11 is 0. The smallest absolute Gasteiger partial charge is 0.305 e. The molecule has 1 unspecified atom stereocenters. The Morgan fingerprint density at radius 3 is 2.67 bits per heavy atom. The van der Waals surface area contributed by atoms with Crippen molar-refractivity contribution < 1.29 is 23.8 Å². The van der Waals surface area contributed by atoms with Gasteiger partial charge in [-0.25, -0.2) is 4.39 Å². The van der Waals surface area contributed by atoms with Crippen molar-refractivity contribution in [3.8, 4) is 0 Å². The molecule has 0 saturated heterocycles. The van der Waals surface area contributed by atoms with Gasteiger partial charge < -0.3 is 15.2 Å². The third-order valence-corrected chi connectivity index (χ3v) is 1.05.